The molecule has 1 aromatic rings. The Morgan fingerprint density at radius 1 is 1.38 bits per heavy atom. The van der Waals surface area contributed by atoms with E-state index < -0.39 is 18.5 Å². The number of carbonyl (C=O) groups excluding carboxylic acids is 1. The molecule has 0 saturated carbocycles. The van der Waals surface area contributed by atoms with Crippen molar-refractivity contribution in [1.29, 1.82) is 0 Å². The smallest absolute Gasteiger partial charge is 0.323 e. The molecule has 0 heterocycles. The van der Waals surface area contributed by atoms with Crippen LogP contribution in [-0.2, 0) is 4.79 Å². The maximum absolute atomic E-state index is 12.4. The number of carboxylic acid groups (broad SMARTS) is 1. The molecular formula is C15H21ClN2O3. The summed E-state index contributed by atoms with van der Waals surface area (Å²) in [5.41, 5.74) is 0.322. The first-order valence-electron chi connectivity index (χ1n) is 6.66. The lowest BCUT2D eigenvalue weighted by molar-refractivity contribution is -0.135. The van der Waals surface area contributed by atoms with Crippen molar-refractivity contribution in [2.75, 3.05) is 11.4 Å². The van der Waals surface area contributed by atoms with Gasteiger partial charge < -0.3 is 10.4 Å². The van der Waals surface area contributed by atoms with Crippen molar-refractivity contribution in [2.24, 2.45) is 5.41 Å². The van der Waals surface area contributed by atoms with Gasteiger partial charge in [0.15, 0.2) is 0 Å². The molecule has 116 valence electrons. The Morgan fingerprint density at radius 2 is 2.00 bits per heavy atom. The first kappa shape index (κ1) is 17.3. The van der Waals surface area contributed by atoms with Crippen molar-refractivity contribution in [1.82, 2.24) is 5.32 Å². The van der Waals surface area contributed by atoms with Crippen LogP contribution in [0.2, 0.25) is 5.02 Å². The Labute approximate surface area is 129 Å². The molecule has 5 nitrogen and oxygen atoms in total. The maximum Gasteiger partial charge on any atom is 0.323 e. The molecule has 21 heavy (non-hydrogen) atoms. The molecule has 2 N–H and O–H groups in total. The molecule has 1 atom stereocenters. The minimum Gasteiger partial charge on any atom is -0.480 e. The minimum atomic E-state index is -1.09. The van der Waals surface area contributed by atoms with Gasteiger partial charge in [-0.25, -0.2) is 4.79 Å². The van der Waals surface area contributed by atoms with E-state index in [1.165, 1.54) is 0 Å². The monoisotopic (exact) mass is 312 g/mol. The van der Waals surface area contributed by atoms with Gasteiger partial charge in [0.1, 0.15) is 6.54 Å². The van der Waals surface area contributed by atoms with Crippen LogP contribution in [0.25, 0.3) is 0 Å². The normalized spacial score (nSPS) is 12.6. The third-order valence-corrected chi connectivity index (χ3v) is 3.53. The average Bonchev–Trinajstić information content (AvgIpc) is 2.34. The van der Waals surface area contributed by atoms with Gasteiger partial charge in [-0.05, 0) is 30.5 Å². The minimum absolute atomic E-state index is 0.111. The lowest BCUT2D eigenvalue weighted by Crippen LogP contribution is -2.49. The first-order chi connectivity index (χ1) is 9.61. The zero-order valence-corrected chi connectivity index (χ0v) is 13.4. The zero-order chi connectivity index (χ0) is 16.2. The Balaban J connectivity index is 2.98. The molecule has 2 amide bonds. The number of urea groups is 1. The van der Waals surface area contributed by atoms with Gasteiger partial charge in [0.2, 0.25) is 0 Å². The molecule has 0 aliphatic heterocycles. The molecule has 0 fully saturated rings. The lowest BCUT2D eigenvalue weighted by Gasteiger charge is -2.31. The molecule has 0 aliphatic rings. The van der Waals surface area contributed by atoms with Gasteiger partial charge >= 0.3 is 12.0 Å². The Hall–Kier alpha value is -1.75. The van der Waals surface area contributed by atoms with Crippen LogP contribution < -0.4 is 10.2 Å². The van der Waals surface area contributed by atoms with Crippen LogP contribution >= 0.6 is 11.6 Å². The van der Waals surface area contributed by atoms with Crippen LogP contribution in [0, 0.1) is 5.41 Å². The van der Waals surface area contributed by atoms with E-state index in [-0.39, 0.29) is 11.5 Å². The molecule has 0 radical (unpaired) electrons. The van der Waals surface area contributed by atoms with Gasteiger partial charge in [-0.15, -0.1) is 0 Å². The summed E-state index contributed by atoms with van der Waals surface area (Å²) in [5, 5.41) is 12.3. The van der Waals surface area contributed by atoms with Crippen molar-refractivity contribution >= 4 is 29.3 Å². The zero-order valence-electron chi connectivity index (χ0n) is 12.7. The van der Waals surface area contributed by atoms with Crippen molar-refractivity contribution < 1.29 is 14.7 Å². The molecule has 1 aromatic carbocycles. The summed E-state index contributed by atoms with van der Waals surface area (Å²) in [6.45, 7) is 7.45. The summed E-state index contributed by atoms with van der Waals surface area (Å²) in [7, 11) is 0. The Bertz CT molecular complexity index is 526. The van der Waals surface area contributed by atoms with E-state index in [2.05, 4.69) is 5.32 Å². The van der Waals surface area contributed by atoms with E-state index in [1.54, 1.807) is 24.3 Å². The van der Waals surface area contributed by atoms with Crippen molar-refractivity contribution in [3.63, 3.8) is 0 Å². The van der Waals surface area contributed by atoms with E-state index in [0.29, 0.717) is 10.7 Å². The van der Waals surface area contributed by atoms with Crippen LogP contribution in [0.3, 0.4) is 0 Å². The fourth-order valence-electron chi connectivity index (χ4n) is 1.54. The number of nitrogens with zero attached hydrogens (tertiary/aromatic N) is 1. The lowest BCUT2D eigenvalue weighted by atomic mass is 9.88. The molecule has 0 aromatic heterocycles. The predicted octanol–water partition coefficient (Wildman–Crippen LogP) is 3.38. The van der Waals surface area contributed by atoms with E-state index in [0.717, 1.165) is 4.90 Å². The highest BCUT2D eigenvalue weighted by Crippen LogP contribution is 2.22. The first-order valence-corrected chi connectivity index (χ1v) is 7.04. The molecule has 0 spiro atoms. The van der Waals surface area contributed by atoms with Crippen molar-refractivity contribution in [2.45, 2.75) is 33.7 Å². The summed E-state index contributed by atoms with van der Waals surface area (Å²) in [5.74, 6) is -1.09. The summed E-state index contributed by atoms with van der Waals surface area (Å²) in [6, 6.07) is 5.98. The summed E-state index contributed by atoms with van der Waals surface area (Å²) in [6.07, 6.45) is 0. The highest BCUT2D eigenvalue weighted by Gasteiger charge is 2.26. The number of benzene rings is 1. The number of carboxylic acids is 1. The second-order valence-electron chi connectivity index (χ2n) is 6.00. The maximum atomic E-state index is 12.4. The van der Waals surface area contributed by atoms with Gasteiger partial charge in [0.05, 0.1) is 0 Å². The fraction of sp³-hybridized carbons (Fsp3) is 0.467. The third-order valence-electron chi connectivity index (χ3n) is 3.30. The molecule has 1 unspecified atom stereocenters. The molecule has 0 bridgehead atoms. The molecule has 1 rings (SSSR count). The Morgan fingerprint density at radius 3 is 2.48 bits per heavy atom. The van der Waals surface area contributed by atoms with Crippen molar-refractivity contribution in [3.05, 3.63) is 29.3 Å². The van der Waals surface area contributed by atoms with Gasteiger partial charge in [-0.3, -0.25) is 9.69 Å². The van der Waals surface area contributed by atoms with Crippen LogP contribution in [0.1, 0.15) is 27.7 Å². The number of rotatable bonds is 4. The second kappa shape index (κ2) is 6.80. The quantitative estimate of drug-likeness (QED) is 0.895. The van der Waals surface area contributed by atoms with Gasteiger partial charge in [0.25, 0.3) is 0 Å². The Kier molecular flexibility index (Phi) is 5.61. The standard InChI is InChI=1S/C15H21ClN2O3/c1-10(15(2,3)4)17-14(21)18(9-13(19)20)12-7-5-6-11(16)8-12/h5-8,10H,9H2,1-4H3,(H,17,21)(H,19,20). The highest BCUT2D eigenvalue weighted by atomic mass is 35.5. The largest absolute Gasteiger partial charge is 0.480 e. The molecule has 0 saturated heterocycles. The number of carbonyl (C=O) groups is 2. The van der Waals surface area contributed by atoms with Gasteiger partial charge in [-0.2, -0.15) is 0 Å². The highest BCUT2D eigenvalue weighted by molar-refractivity contribution is 6.30. The number of nitrogens with one attached hydrogen (secondary N) is 1. The van der Waals surface area contributed by atoms with Gasteiger partial charge in [-0.1, -0.05) is 38.4 Å². The number of hydrogen-bond acceptors (Lipinski definition) is 2. The molecule has 0 aliphatic carbocycles. The van der Waals surface area contributed by atoms with E-state index >= 15 is 0 Å². The van der Waals surface area contributed by atoms with Crippen LogP contribution in [0.15, 0.2) is 24.3 Å². The number of amides is 2. The van der Waals surface area contributed by atoms with Crippen molar-refractivity contribution in [3.8, 4) is 0 Å². The number of aliphatic carboxylic acids is 1. The molecular weight excluding hydrogens is 292 g/mol. The summed E-state index contributed by atoms with van der Waals surface area (Å²) in [4.78, 5) is 24.5. The van der Waals surface area contributed by atoms with E-state index in [1.807, 2.05) is 27.7 Å². The van der Waals surface area contributed by atoms with Crippen LogP contribution in [0.4, 0.5) is 10.5 Å². The number of halogens is 1. The number of hydrogen-bond donors (Lipinski definition) is 2. The van der Waals surface area contributed by atoms with E-state index in [4.69, 9.17) is 16.7 Å². The van der Waals surface area contributed by atoms with Gasteiger partial charge in [0, 0.05) is 16.8 Å². The molecule has 6 heteroatoms. The van der Waals surface area contributed by atoms with E-state index in [9.17, 15) is 9.59 Å². The fourth-order valence-corrected chi connectivity index (χ4v) is 1.72. The summed E-state index contributed by atoms with van der Waals surface area (Å²) >= 11 is 5.90. The van der Waals surface area contributed by atoms with Crippen LogP contribution in [0.5, 0.6) is 0 Å². The topological polar surface area (TPSA) is 69.6 Å². The third kappa shape index (κ3) is 5.27. The summed E-state index contributed by atoms with van der Waals surface area (Å²) < 4.78 is 0. The van der Waals surface area contributed by atoms with Crippen LogP contribution in [-0.4, -0.2) is 29.7 Å². The number of anilines is 1. The predicted molar refractivity (Wildman–Crippen MR) is 83.9 cm³/mol. The SMILES string of the molecule is CC(NC(=O)N(CC(=O)O)c1cccc(Cl)c1)C(C)(C)C. The average molecular weight is 313 g/mol. The second-order valence-corrected chi connectivity index (χ2v) is 6.43.